The van der Waals surface area contributed by atoms with E-state index in [9.17, 15) is 0 Å². The summed E-state index contributed by atoms with van der Waals surface area (Å²) in [7, 11) is 2.02. The molecule has 0 aliphatic rings. The maximum absolute atomic E-state index is 8.66. The van der Waals surface area contributed by atoms with E-state index in [1.807, 2.05) is 13.1 Å². The first-order valence-electron chi connectivity index (χ1n) is 4.62. The molecule has 0 aliphatic carbocycles. The van der Waals surface area contributed by atoms with Crippen LogP contribution in [0, 0.1) is 0 Å². The van der Waals surface area contributed by atoms with Gasteiger partial charge in [0.25, 0.3) is 0 Å². The van der Waals surface area contributed by atoms with Crippen molar-refractivity contribution in [3.05, 3.63) is 29.0 Å². The Hall–Kier alpha value is -0.640. The van der Waals surface area contributed by atoms with E-state index < -0.39 is 0 Å². The van der Waals surface area contributed by atoms with Gasteiger partial charge in [0, 0.05) is 25.9 Å². The van der Waals surface area contributed by atoms with Crippen molar-refractivity contribution >= 4 is 11.6 Å². The third kappa shape index (κ3) is 4.05. The minimum absolute atomic E-state index is 0.239. The molecule has 0 saturated heterocycles. The van der Waals surface area contributed by atoms with Crippen LogP contribution in [0.4, 0.5) is 0 Å². The summed E-state index contributed by atoms with van der Waals surface area (Å²) in [6, 6.07) is 3.75. The first kappa shape index (κ1) is 11.4. The van der Waals surface area contributed by atoms with Crippen molar-refractivity contribution in [1.82, 2.24) is 9.88 Å². The van der Waals surface area contributed by atoms with E-state index in [0.717, 1.165) is 25.1 Å². The SMILES string of the molecule is CN(CCCO)Cc1ccc(Cl)nc1. The molecule has 4 heteroatoms. The van der Waals surface area contributed by atoms with Crippen LogP contribution in [-0.4, -0.2) is 35.2 Å². The Morgan fingerprint density at radius 1 is 1.50 bits per heavy atom. The van der Waals surface area contributed by atoms with Gasteiger partial charge in [-0.3, -0.25) is 0 Å². The van der Waals surface area contributed by atoms with Crippen molar-refractivity contribution in [1.29, 1.82) is 0 Å². The second-order valence-electron chi connectivity index (χ2n) is 3.30. The summed E-state index contributed by atoms with van der Waals surface area (Å²) in [6.45, 7) is 1.96. The zero-order chi connectivity index (χ0) is 10.4. The van der Waals surface area contributed by atoms with Crippen LogP contribution < -0.4 is 0 Å². The second-order valence-corrected chi connectivity index (χ2v) is 3.69. The van der Waals surface area contributed by atoms with Crippen molar-refractivity contribution in [2.75, 3.05) is 20.2 Å². The van der Waals surface area contributed by atoms with Gasteiger partial charge in [0.2, 0.25) is 0 Å². The molecule has 1 aromatic heterocycles. The Kier molecular flexibility index (Phi) is 4.87. The van der Waals surface area contributed by atoms with Crippen molar-refractivity contribution in [3.63, 3.8) is 0 Å². The number of aromatic nitrogens is 1. The molecule has 1 aromatic rings. The van der Waals surface area contributed by atoms with Gasteiger partial charge in [0.1, 0.15) is 5.15 Å². The third-order valence-corrected chi connectivity index (χ3v) is 2.16. The van der Waals surface area contributed by atoms with Crippen LogP contribution in [0.25, 0.3) is 0 Å². The molecule has 0 aliphatic heterocycles. The van der Waals surface area contributed by atoms with E-state index in [1.54, 1.807) is 12.3 Å². The molecule has 3 nitrogen and oxygen atoms in total. The molecule has 0 saturated carbocycles. The van der Waals surface area contributed by atoms with Crippen LogP contribution in [-0.2, 0) is 6.54 Å². The van der Waals surface area contributed by atoms with Gasteiger partial charge in [0.15, 0.2) is 0 Å². The largest absolute Gasteiger partial charge is 0.396 e. The van der Waals surface area contributed by atoms with E-state index in [2.05, 4.69) is 9.88 Å². The number of hydrogen-bond donors (Lipinski definition) is 1. The van der Waals surface area contributed by atoms with E-state index in [4.69, 9.17) is 16.7 Å². The Labute approximate surface area is 89.3 Å². The van der Waals surface area contributed by atoms with Crippen LogP contribution in [0.15, 0.2) is 18.3 Å². The van der Waals surface area contributed by atoms with Gasteiger partial charge in [-0.15, -0.1) is 0 Å². The van der Waals surface area contributed by atoms with Gasteiger partial charge < -0.3 is 10.0 Å². The first-order valence-corrected chi connectivity index (χ1v) is 5.00. The number of aliphatic hydroxyl groups is 1. The Balaban J connectivity index is 2.39. The molecule has 0 spiro atoms. The Morgan fingerprint density at radius 2 is 2.29 bits per heavy atom. The lowest BCUT2D eigenvalue weighted by Crippen LogP contribution is -2.19. The fourth-order valence-electron chi connectivity index (χ4n) is 1.23. The average Bonchev–Trinajstić information content (AvgIpc) is 2.18. The normalized spacial score (nSPS) is 10.9. The predicted octanol–water partition coefficient (Wildman–Crippen LogP) is 1.55. The topological polar surface area (TPSA) is 36.4 Å². The van der Waals surface area contributed by atoms with Gasteiger partial charge in [-0.1, -0.05) is 17.7 Å². The van der Waals surface area contributed by atoms with Crippen LogP contribution >= 0.6 is 11.6 Å². The van der Waals surface area contributed by atoms with Gasteiger partial charge in [-0.05, 0) is 25.1 Å². The van der Waals surface area contributed by atoms with Gasteiger partial charge in [-0.2, -0.15) is 0 Å². The zero-order valence-corrected chi connectivity index (χ0v) is 9.04. The average molecular weight is 215 g/mol. The standard InChI is InChI=1S/C10H15ClN2O/c1-13(5-2-6-14)8-9-3-4-10(11)12-7-9/h3-4,7,14H,2,5-6,8H2,1H3. The van der Waals surface area contributed by atoms with Crippen molar-refractivity contribution in [2.24, 2.45) is 0 Å². The summed E-state index contributed by atoms with van der Waals surface area (Å²) in [4.78, 5) is 6.14. The van der Waals surface area contributed by atoms with Crippen LogP contribution in [0.3, 0.4) is 0 Å². The number of aliphatic hydroxyl groups excluding tert-OH is 1. The highest BCUT2D eigenvalue weighted by Crippen LogP contribution is 2.07. The van der Waals surface area contributed by atoms with Crippen LogP contribution in [0.1, 0.15) is 12.0 Å². The Morgan fingerprint density at radius 3 is 2.86 bits per heavy atom. The summed E-state index contributed by atoms with van der Waals surface area (Å²) in [6.07, 6.45) is 2.58. The zero-order valence-electron chi connectivity index (χ0n) is 8.28. The minimum atomic E-state index is 0.239. The van der Waals surface area contributed by atoms with E-state index in [-0.39, 0.29) is 6.61 Å². The number of nitrogens with zero attached hydrogens (tertiary/aromatic N) is 2. The molecule has 0 unspecified atom stereocenters. The maximum Gasteiger partial charge on any atom is 0.129 e. The highest BCUT2D eigenvalue weighted by Gasteiger charge is 1.99. The molecular weight excluding hydrogens is 200 g/mol. The van der Waals surface area contributed by atoms with E-state index in [0.29, 0.717) is 5.15 Å². The second kappa shape index (κ2) is 5.96. The molecular formula is C10H15ClN2O. The smallest absolute Gasteiger partial charge is 0.129 e. The molecule has 0 aromatic carbocycles. The molecule has 0 bridgehead atoms. The Bertz CT molecular complexity index is 263. The summed E-state index contributed by atoms with van der Waals surface area (Å²) in [5, 5.41) is 9.18. The van der Waals surface area contributed by atoms with Gasteiger partial charge >= 0.3 is 0 Å². The first-order chi connectivity index (χ1) is 6.72. The molecule has 1 heterocycles. The van der Waals surface area contributed by atoms with Crippen molar-refractivity contribution < 1.29 is 5.11 Å². The molecule has 78 valence electrons. The quantitative estimate of drug-likeness (QED) is 0.756. The lowest BCUT2D eigenvalue weighted by molar-refractivity contribution is 0.244. The number of hydrogen-bond acceptors (Lipinski definition) is 3. The highest BCUT2D eigenvalue weighted by atomic mass is 35.5. The molecule has 0 amide bonds. The monoisotopic (exact) mass is 214 g/mol. The van der Waals surface area contributed by atoms with Crippen LogP contribution in [0.2, 0.25) is 5.15 Å². The molecule has 1 N–H and O–H groups in total. The summed E-state index contributed by atoms with van der Waals surface area (Å²) in [5.41, 5.74) is 1.13. The number of pyridine rings is 1. The van der Waals surface area contributed by atoms with Crippen molar-refractivity contribution in [2.45, 2.75) is 13.0 Å². The van der Waals surface area contributed by atoms with Crippen molar-refractivity contribution in [3.8, 4) is 0 Å². The lowest BCUT2D eigenvalue weighted by Gasteiger charge is -2.15. The number of halogens is 1. The summed E-state index contributed by atoms with van der Waals surface area (Å²) < 4.78 is 0. The fraction of sp³-hybridized carbons (Fsp3) is 0.500. The van der Waals surface area contributed by atoms with Gasteiger partial charge in [0.05, 0.1) is 0 Å². The predicted molar refractivity (Wildman–Crippen MR) is 57.3 cm³/mol. The summed E-state index contributed by atoms with van der Waals surface area (Å²) in [5.74, 6) is 0. The molecule has 0 radical (unpaired) electrons. The maximum atomic E-state index is 8.66. The van der Waals surface area contributed by atoms with E-state index in [1.165, 1.54) is 0 Å². The fourth-order valence-corrected chi connectivity index (χ4v) is 1.34. The molecule has 0 fully saturated rings. The van der Waals surface area contributed by atoms with Crippen LogP contribution in [0.5, 0.6) is 0 Å². The van der Waals surface area contributed by atoms with Gasteiger partial charge in [-0.25, -0.2) is 4.98 Å². The molecule has 1 rings (SSSR count). The highest BCUT2D eigenvalue weighted by molar-refractivity contribution is 6.29. The summed E-state index contributed by atoms with van der Waals surface area (Å²) >= 11 is 5.67. The lowest BCUT2D eigenvalue weighted by atomic mass is 10.2. The minimum Gasteiger partial charge on any atom is -0.396 e. The molecule has 0 atom stereocenters. The molecule has 14 heavy (non-hydrogen) atoms. The number of rotatable bonds is 5. The van der Waals surface area contributed by atoms with E-state index >= 15 is 0 Å². The third-order valence-electron chi connectivity index (χ3n) is 1.94.